The van der Waals surface area contributed by atoms with Crippen LogP contribution in [0.25, 0.3) is 0 Å². The monoisotopic (exact) mass is 269 g/mol. The minimum Gasteiger partial charge on any atom is -0.399 e. The van der Waals surface area contributed by atoms with Crippen LogP contribution in [0.1, 0.15) is 38.8 Å². The second-order valence-corrected chi connectivity index (χ2v) is 6.11. The van der Waals surface area contributed by atoms with Crippen molar-refractivity contribution in [1.82, 2.24) is 0 Å². The van der Waals surface area contributed by atoms with Crippen molar-refractivity contribution < 1.29 is 9.31 Å². The van der Waals surface area contributed by atoms with E-state index >= 15 is 0 Å². The second-order valence-electron chi connectivity index (χ2n) is 6.11. The molecule has 0 aromatic heterocycles. The predicted octanol–water partition coefficient (Wildman–Crippen LogP) is 2.59. The fourth-order valence-electron chi connectivity index (χ4n) is 2.20. The van der Waals surface area contributed by atoms with Crippen LogP contribution in [-0.2, 0) is 15.7 Å². The van der Waals surface area contributed by atoms with Gasteiger partial charge < -0.3 is 9.31 Å². The summed E-state index contributed by atoms with van der Waals surface area (Å²) in [6, 6.07) is 7.77. The number of hydrogen-bond donors (Lipinski definition) is 0. The maximum Gasteiger partial charge on any atom is 0.495 e. The van der Waals surface area contributed by atoms with Crippen LogP contribution in [0.5, 0.6) is 0 Å². The average molecular weight is 269 g/mol. The smallest absolute Gasteiger partial charge is 0.399 e. The first-order valence-electron chi connectivity index (χ1n) is 6.80. The molecule has 4 heteroatoms. The summed E-state index contributed by atoms with van der Waals surface area (Å²) in [4.78, 5) is 0. The lowest BCUT2D eigenvalue weighted by Crippen LogP contribution is -2.41. The number of nitrogens with zero attached hydrogens (tertiary/aromatic N) is 1. The third-order valence-corrected chi connectivity index (χ3v) is 4.15. The maximum atomic E-state index is 9.08. The van der Waals surface area contributed by atoms with Gasteiger partial charge in [-0.3, -0.25) is 0 Å². The van der Waals surface area contributed by atoms with Crippen LogP contribution < -0.4 is 5.46 Å². The van der Waals surface area contributed by atoms with Gasteiger partial charge in [0, 0.05) is 0 Å². The zero-order chi connectivity index (χ0) is 15.0. The van der Waals surface area contributed by atoms with Gasteiger partial charge in [0.1, 0.15) is 0 Å². The molecule has 1 aromatic rings. The van der Waals surface area contributed by atoms with Crippen molar-refractivity contribution in [2.24, 2.45) is 0 Å². The molecule has 0 aliphatic carbocycles. The molecule has 1 fully saturated rings. The number of hydrogen-bond acceptors (Lipinski definition) is 3. The molecular formula is C16H20BNO2. The highest BCUT2D eigenvalue weighted by atomic mass is 16.7. The topological polar surface area (TPSA) is 42.2 Å². The van der Waals surface area contributed by atoms with E-state index in [0.717, 1.165) is 17.4 Å². The molecule has 1 saturated heterocycles. The van der Waals surface area contributed by atoms with Gasteiger partial charge in [0.25, 0.3) is 0 Å². The first kappa shape index (κ1) is 14.8. The van der Waals surface area contributed by atoms with Crippen LogP contribution in [-0.4, -0.2) is 18.3 Å². The van der Waals surface area contributed by atoms with Gasteiger partial charge in [-0.15, -0.1) is 6.58 Å². The Morgan fingerprint density at radius 1 is 1.25 bits per heavy atom. The fourth-order valence-corrected chi connectivity index (χ4v) is 2.20. The molecule has 1 aliphatic rings. The van der Waals surface area contributed by atoms with E-state index in [0.29, 0.717) is 5.56 Å². The molecule has 0 spiro atoms. The average Bonchev–Trinajstić information content (AvgIpc) is 2.59. The van der Waals surface area contributed by atoms with Gasteiger partial charge in [-0.25, -0.2) is 0 Å². The molecule has 0 unspecified atom stereocenters. The molecule has 0 bridgehead atoms. The second kappa shape index (κ2) is 5.08. The van der Waals surface area contributed by atoms with Crippen LogP contribution >= 0.6 is 0 Å². The molecule has 0 radical (unpaired) electrons. The molecule has 0 N–H and O–H groups in total. The van der Waals surface area contributed by atoms with E-state index in [4.69, 9.17) is 14.6 Å². The summed E-state index contributed by atoms with van der Waals surface area (Å²) in [6.07, 6.45) is 2.57. The summed E-state index contributed by atoms with van der Waals surface area (Å²) in [5, 5.41) is 9.08. The SMILES string of the molecule is C=CCc1ccc(C#N)cc1B1OC(C)(C)C(C)(C)O1. The van der Waals surface area contributed by atoms with Crippen LogP contribution in [0.15, 0.2) is 30.9 Å². The van der Waals surface area contributed by atoms with E-state index in [1.54, 1.807) is 0 Å². The predicted molar refractivity (Wildman–Crippen MR) is 80.8 cm³/mol. The molecule has 0 atom stereocenters. The molecule has 1 aliphatic heterocycles. The lowest BCUT2D eigenvalue weighted by molar-refractivity contribution is 0.00578. The standard InChI is InChI=1S/C16H20BNO2/c1-6-7-13-9-8-12(11-18)10-14(13)17-19-15(2,3)16(4,5)20-17/h6,8-10H,1,7H2,2-5H3. The highest BCUT2D eigenvalue weighted by molar-refractivity contribution is 6.62. The Kier molecular flexibility index (Phi) is 3.77. The molecule has 0 amide bonds. The Labute approximate surface area is 121 Å². The summed E-state index contributed by atoms with van der Waals surface area (Å²) in [5.74, 6) is 0. The van der Waals surface area contributed by atoms with Gasteiger partial charge in [0.2, 0.25) is 0 Å². The largest absolute Gasteiger partial charge is 0.495 e. The molecular weight excluding hydrogens is 249 g/mol. The summed E-state index contributed by atoms with van der Waals surface area (Å²) < 4.78 is 12.1. The van der Waals surface area contributed by atoms with Gasteiger partial charge in [-0.2, -0.15) is 5.26 Å². The maximum absolute atomic E-state index is 9.08. The van der Waals surface area contributed by atoms with E-state index in [1.807, 2.05) is 52.0 Å². The summed E-state index contributed by atoms with van der Waals surface area (Å²) >= 11 is 0. The lowest BCUT2D eigenvalue weighted by Gasteiger charge is -2.32. The van der Waals surface area contributed by atoms with Crippen LogP contribution in [0, 0.1) is 11.3 Å². The van der Waals surface area contributed by atoms with Gasteiger partial charge in [0.05, 0.1) is 22.8 Å². The van der Waals surface area contributed by atoms with E-state index in [2.05, 4.69) is 12.6 Å². The normalized spacial score (nSPS) is 19.6. The third kappa shape index (κ3) is 2.52. The zero-order valence-corrected chi connectivity index (χ0v) is 12.6. The highest BCUT2D eigenvalue weighted by Crippen LogP contribution is 2.36. The number of benzene rings is 1. The lowest BCUT2D eigenvalue weighted by atomic mass is 9.74. The van der Waals surface area contributed by atoms with Crippen molar-refractivity contribution in [3.05, 3.63) is 42.0 Å². The van der Waals surface area contributed by atoms with Crippen molar-refractivity contribution in [2.45, 2.75) is 45.3 Å². The molecule has 2 rings (SSSR count). The third-order valence-electron chi connectivity index (χ3n) is 4.15. The van der Waals surface area contributed by atoms with Crippen LogP contribution in [0.2, 0.25) is 0 Å². The summed E-state index contributed by atoms with van der Waals surface area (Å²) in [5.41, 5.74) is 1.85. The number of rotatable bonds is 3. The molecule has 20 heavy (non-hydrogen) atoms. The van der Waals surface area contributed by atoms with E-state index < -0.39 is 7.12 Å². The molecule has 1 aromatic carbocycles. The van der Waals surface area contributed by atoms with Crippen LogP contribution in [0.4, 0.5) is 0 Å². The number of nitriles is 1. The highest BCUT2D eigenvalue weighted by Gasteiger charge is 2.52. The molecule has 0 saturated carbocycles. The fraction of sp³-hybridized carbons (Fsp3) is 0.438. The Morgan fingerprint density at radius 3 is 2.35 bits per heavy atom. The Hall–Kier alpha value is -1.57. The summed E-state index contributed by atoms with van der Waals surface area (Å²) in [7, 11) is -0.441. The Morgan fingerprint density at radius 2 is 1.85 bits per heavy atom. The van der Waals surface area contributed by atoms with Crippen molar-refractivity contribution in [3.8, 4) is 6.07 Å². The van der Waals surface area contributed by atoms with Gasteiger partial charge >= 0.3 is 7.12 Å². The first-order valence-corrected chi connectivity index (χ1v) is 6.80. The first-order chi connectivity index (χ1) is 9.30. The van der Waals surface area contributed by atoms with E-state index in [-0.39, 0.29) is 11.2 Å². The van der Waals surface area contributed by atoms with Gasteiger partial charge in [0.15, 0.2) is 0 Å². The molecule has 104 valence electrons. The van der Waals surface area contributed by atoms with Crippen LogP contribution in [0.3, 0.4) is 0 Å². The van der Waals surface area contributed by atoms with Crippen molar-refractivity contribution in [2.75, 3.05) is 0 Å². The molecule has 1 heterocycles. The van der Waals surface area contributed by atoms with Gasteiger partial charge in [-0.1, -0.05) is 12.1 Å². The quantitative estimate of drug-likeness (QED) is 0.625. The minimum absolute atomic E-state index is 0.383. The van der Waals surface area contributed by atoms with E-state index in [1.165, 1.54) is 0 Å². The van der Waals surface area contributed by atoms with Crippen molar-refractivity contribution in [1.29, 1.82) is 5.26 Å². The van der Waals surface area contributed by atoms with Gasteiger partial charge in [-0.05, 0) is 57.3 Å². The molecule has 3 nitrogen and oxygen atoms in total. The van der Waals surface area contributed by atoms with Crippen molar-refractivity contribution in [3.63, 3.8) is 0 Å². The number of allylic oxidation sites excluding steroid dienone is 1. The Balaban J connectivity index is 2.42. The summed E-state index contributed by atoms with van der Waals surface area (Å²) in [6.45, 7) is 11.9. The minimum atomic E-state index is -0.441. The van der Waals surface area contributed by atoms with Crippen molar-refractivity contribution >= 4 is 12.6 Å². The zero-order valence-electron chi connectivity index (χ0n) is 12.6. The van der Waals surface area contributed by atoms with E-state index in [9.17, 15) is 0 Å². The Bertz CT molecular complexity index is 556.